The normalized spacial score (nSPS) is 6.75. The fourth-order valence-electron chi connectivity index (χ4n) is 0.625. The van der Waals surface area contributed by atoms with Crippen molar-refractivity contribution in [1.29, 1.82) is 0 Å². The molecule has 0 amide bonds. The van der Waals surface area contributed by atoms with E-state index >= 15 is 0 Å². The second-order valence-electron chi connectivity index (χ2n) is 2.12. The molecule has 0 radical (unpaired) electrons. The Kier molecular flexibility index (Phi) is 16.6. The van der Waals surface area contributed by atoms with Crippen LogP contribution in [0.4, 0.5) is 0 Å². The standard InChI is InChI=1S/2C5H5N.HNO2.Pd/c2*1-2-4-6-5-3-1;2-1-3;/h2*1-5H;(H,2,3);/q;;;+2/p-1. The average Bonchev–Trinajstić information content (AvgIpc) is 2.35. The van der Waals surface area contributed by atoms with Crippen LogP contribution in [0.25, 0.3) is 0 Å². The minimum Gasteiger partial charge on any atom is -0.444 e. The van der Waals surface area contributed by atoms with E-state index in [4.69, 9.17) is 10.1 Å². The van der Waals surface area contributed by atoms with Crippen LogP contribution >= 0.6 is 0 Å². The molecule has 16 heavy (non-hydrogen) atoms. The smallest absolute Gasteiger partial charge is 0.444 e. The molecular formula is C10H10N3O2Pd+. The number of hydrogen-bond donors (Lipinski definition) is 0. The number of nitrogens with zero attached hydrogens (tertiary/aromatic N) is 3. The van der Waals surface area contributed by atoms with E-state index in [9.17, 15) is 0 Å². The molecule has 2 aromatic heterocycles. The first-order chi connectivity index (χ1) is 7.41. The molecule has 5 nitrogen and oxygen atoms in total. The molecule has 6 heteroatoms. The third-order valence-electron chi connectivity index (χ3n) is 1.13. The molecule has 0 saturated heterocycles. The maximum absolute atomic E-state index is 8.00. The summed E-state index contributed by atoms with van der Waals surface area (Å²) in [5.41, 5.74) is 0. The topological polar surface area (TPSA) is 78.3 Å². The van der Waals surface area contributed by atoms with Gasteiger partial charge in [0.15, 0.2) is 0 Å². The molecule has 2 heterocycles. The van der Waals surface area contributed by atoms with Crippen LogP contribution in [-0.4, -0.2) is 9.97 Å². The summed E-state index contributed by atoms with van der Waals surface area (Å²) in [5.74, 6) is 0. The Balaban J connectivity index is 0. The Morgan fingerprint density at radius 3 is 1.06 bits per heavy atom. The zero-order valence-electron chi connectivity index (χ0n) is 8.25. The molecule has 0 bridgehead atoms. The number of rotatable bonds is 0. The molecular weight excluding hydrogens is 301 g/mol. The third kappa shape index (κ3) is 14.9. The minimum atomic E-state index is 0. The van der Waals surface area contributed by atoms with Crippen LogP contribution in [0.5, 0.6) is 0 Å². The summed E-state index contributed by atoms with van der Waals surface area (Å²) in [4.78, 5) is 15.6. The van der Waals surface area contributed by atoms with E-state index in [1.54, 1.807) is 24.8 Å². The molecule has 0 N–H and O–H groups in total. The summed E-state index contributed by atoms with van der Waals surface area (Å²) >= 11 is 0. The van der Waals surface area contributed by atoms with Gasteiger partial charge in [0.05, 0.1) is 0 Å². The van der Waals surface area contributed by atoms with Crippen molar-refractivity contribution in [2.45, 2.75) is 0 Å². The van der Waals surface area contributed by atoms with E-state index in [1.807, 2.05) is 36.4 Å². The molecule has 0 fully saturated rings. The van der Waals surface area contributed by atoms with Crippen molar-refractivity contribution in [1.82, 2.24) is 9.97 Å². The van der Waals surface area contributed by atoms with Crippen LogP contribution in [0.1, 0.15) is 0 Å². The van der Waals surface area contributed by atoms with Crippen LogP contribution in [0.3, 0.4) is 0 Å². The SMILES string of the molecule is O=N[O-].[Pd+2].c1ccncc1.c1ccncc1. The van der Waals surface area contributed by atoms with E-state index in [2.05, 4.69) is 9.97 Å². The van der Waals surface area contributed by atoms with Crippen LogP contribution in [0, 0.1) is 10.1 Å². The first-order valence-electron chi connectivity index (χ1n) is 4.06. The first-order valence-corrected chi connectivity index (χ1v) is 4.06. The number of hydrogen-bond acceptors (Lipinski definition) is 5. The summed E-state index contributed by atoms with van der Waals surface area (Å²) in [7, 11) is 0. The van der Waals surface area contributed by atoms with Crippen LogP contribution in [0.15, 0.2) is 66.5 Å². The van der Waals surface area contributed by atoms with E-state index in [0.29, 0.717) is 0 Å². The predicted octanol–water partition coefficient (Wildman–Crippen LogP) is 2.41. The first kappa shape index (κ1) is 16.8. The Bertz CT molecular complexity index is 236. The van der Waals surface area contributed by atoms with Crippen molar-refractivity contribution >= 4 is 0 Å². The maximum Gasteiger partial charge on any atom is 2.00 e. The third-order valence-corrected chi connectivity index (χ3v) is 1.13. The van der Waals surface area contributed by atoms with Gasteiger partial charge in [0.1, 0.15) is 0 Å². The molecule has 0 aliphatic rings. The molecule has 0 unspecified atom stereocenters. The van der Waals surface area contributed by atoms with Crippen molar-refractivity contribution in [2.24, 2.45) is 5.34 Å². The maximum atomic E-state index is 8.00. The van der Waals surface area contributed by atoms with Gasteiger partial charge >= 0.3 is 20.4 Å². The van der Waals surface area contributed by atoms with Gasteiger partial charge in [-0.1, -0.05) is 12.1 Å². The van der Waals surface area contributed by atoms with Gasteiger partial charge in [-0.15, -0.1) is 5.34 Å². The summed E-state index contributed by atoms with van der Waals surface area (Å²) in [6.07, 6.45) is 7.00. The van der Waals surface area contributed by atoms with E-state index in [0.717, 1.165) is 5.34 Å². The van der Waals surface area contributed by atoms with Gasteiger partial charge < -0.3 is 10.1 Å². The van der Waals surface area contributed by atoms with Gasteiger partial charge in [-0.2, -0.15) is 0 Å². The molecule has 2 aromatic rings. The van der Waals surface area contributed by atoms with Gasteiger partial charge in [-0.3, -0.25) is 9.97 Å². The van der Waals surface area contributed by atoms with Crippen molar-refractivity contribution in [3.63, 3.8) is 0 Å². The fourth-order valence-corrected chi connectivity index (χ4v) is 0.625. The van der Waals surface area contributed by atoms with Crippen molar-refractivity contribution in [3.05, 3.63) is 71.3 Å². The van der Waals surface area contributed by atoms with Crippen LogP contribution in [-0.2, 0) is 20.4 Å². The molecule has 2 rings (SSSR count). The van der Waals surface area contributed by atoms with Crippen molar-refractivity contribution < 1.29 is 20.4 Å². The Morgan fingerprint density at radius 2 is 1.00 bits per heavy atom. The summed E-state index contributed by atoms with van der Waals surface area (Å²) in [6.45, 7) is 0. The second kappa shape index (κ2) is 15.8. The molecule has 0 aliphatic carbocycles. The van der Waals surface area contributed by atoms with Crippen LogP contribution in [0.2, 0.25) is 0 Å². The fraction of sp³-hybridized carbons (Fsp3) is 0. The molecule has 0 aromatic carbocycles. The summed E-state index contributed by atoms with van der Waals surface area (Å²) in [6, 6.07) is 11.4. The second-order valence-corrected chi connectivity index (χ2v) is 2.12. The Labute approximate surface area is 107 Å². The van der Waals surface area contributed by atoms with Gasteiger partial charge in [0.25, 0.3) is 0 Å². The molecule has 0 saturated carbocycles. The van der Waals surface area contributed by atoms with Gasteiger partial charge in [0, 0.05) is 24.8 Å². The van der Waals surface area contributed by atoms with Gasteiger partial charge in [0.2, 0.25) is 0 Å². The van der Waals surface area contributed by atoms with E-state index in [-0.39, 0.29) is 20.4 Å². The number of aromatic nitrogens is 2. The van der Waals surface area contributed by atoms with Crippen molar-refractivity contribution in [2.75, 3.05) is 0 Å². The number of pyridine rings is 2. The Hall–Kier alpha value is -1.64. The van der Waals surface area contributed by atoms with E-state index in [1.165, 1.54) is 0 Å². The average molecular weight is 311 g/mol. The quantitative estimate of drug-likeness (QED) is 0.425. The summed E-state index contributed by atoms with van der Waals surface area (Å²) in [5, 5.41) is 9.00. The van der Waals surface area contributed by atoms with Gasteiger partial charge in [-0.05, 0) is 24.3 Å². The monoisotopic (exact) mass is 310 g/mol. The van der Waals surface area contributed by atoms with Crippen LogP contribution < -0.4 is 0 Å². The predicted molar refractivity (Wildman–Crippen MR) is 57.6 cm³/mol. The molecule has 0 spiro atoms. The minimum absolute atomic E-state index is 0. The van der Waals surface area contributed by atoms with Gasteiger partial charge in [-0.25, -0.2) is 0 Å². The summed E-state index contributed by atoms with van der Waals surface area (Å²) < 4.78 is 0. The molecule has 0 atom stereocenters. The molecule has 0 aliphatic heterocycles. The van der Waals surface area contributed by atoms with Crippen molar-refractivity contribution in [3.8, 4) is 0 Å². The van der Waals surface area contributed by atoms with E-state index < -0.39 is 0 Å². The zero-order valence-corrected chi connectivity index (χ0v) is 9.80. The zero-order chi connectivity index (χ0) is 11.2. The largest absolute Gasteiger partial charge is 2.00 e. The Morgan fingerprint density at radius 1 is 0.750 bits per heavy atom. The molecule has 86 valence electrons.